The van der Waals surface area contributed by atoms with Crippen LogP contribution in [0.25, 0.3) is 11.1 Å². The van der Waals surface area contributed by atoms with Gasteiger partial charge in [-0.1, -0.05) is 39.0 Å². The first kappa shape index (κ1) is 26.8. The smallest absolute Gasteiger partial charge is 0.338 e. The predicted octanol–water partition coefficient (Wildman–Crippen LogP) is 6.79. The molecule has 0 radical (unpaired) electrons. The normalized spacial score (nSPS) is 16.9. The number of sulfone groups is 1. The van der Waals surface area contributed by atoms with Crippen molar-refractivity contribution in [1.29, 1.82) is 0 Å². The van der Waals surface area contributed by atoms with Gasteiger partial charge >= 0.3 is 5.97 Å². The lowest BCUT2D eigenvalue weighted by atomic mass is 9.91. The van der Waals surface area contributed by atoms with Gasteiger partial charge < -0.3 is 10.0 Å². The Labute approximate surface area is 216 Å². The van der Waals surface area contributed by atoms with Gasteiger partial charge in [0.05, 0.1) is 21.9 Å². The van der Waals surface area contributed by atoms with Gasteiger partial charge in [-0.05, 0) is 84.2 Å². The van der Waals surface area contributed by atoms with Crippen LogP contribution in [0.5, 0.6) is 0 Å². The van der Waals surface area contributed by atoms with Crippen molar-refractivity contribution in [3.05, 3.63) is 76.9 Å². The molecule has 0 saturated heterocycles. The Hall–Kier alpha value is -3.26. The number of aryl methyl sites for hydroxylation is 1. The molecule has 1 heterocycles. The largest absolute Gasteiger partial charge is 0.478 e. The summed E-state index contributed by atoms with van der Waals surface area (Å²) in [4.78, 5) is 13.8. The van der Waals surface area contributed by atoms with Gasteiger partial charge in [-0.2, -0.15) is 0 Å². The summed E-state index contributed by atoms with van der Waals surface area (Å²) < 4.78 is 56.9. The van der Waals surface area contributed by atoms with Crippen molar-refractivity contribution >= 4 is 27.2 Å². The monoisotopic (exact) mass is 527 g/mol. The van der Waals surface area contributed by atoms with Gasteiger partial charge in [-0.3, -0.25) is 0 Å². The van der Waals surface area contributed by atoms with E-state index in [2.05, 4.69) is 13.8 Å². The SMILES string of the molecule is CCc1c(-c2cc3c(cc2C)N(c2ccccc2)C[C@@H](CC(C)C)CS3(=O)=O)cc(C(=O)O)c(F)c1F. The van der Waals surface area contributed by atoms with Crippen LogP contribution >= 0.6 is 0 Å². The van der Waals surface area contributed by atoms with Crippen LogP contribution in [0, 0.1) is 30.4 Å². The zero-order valence-electron chi connectivity index (χ0n) is 21.4. The fraction of sp³-hybridized carbons (Fsp3) is 0.345. The van der Waals surface area contributed by atoms with Crippen LogP contribution in [0.1, 0.15) is 48.7 Å². The van der Waals surface area contributed by atoms with Gasteiger partial charge in [0.15, 0.2) is 21.5 Å². The van der Waals surface area contributed by atoms with Crippen molar-refractivity contribution in [3.8, 4) is 11.1 Å². The number of aromatic carboxylic acids is 1. The maximum Gasteiger partial charge on any atom is 0.338 e. The Morgan fingerprint density at radius 2 is 1.76 bits per heavy atom. The minimum Gasteiger partial charge on any atom is -0.478 e. The van der Waals surface area contributed by atoms with E-state index >= 15 is 0 Å². The molecule has 0 aromatic heterocycles. The molecule has 1 aliphatic rings. The number of carboxylic acids is 1. The summed E-state index contributed by atoms with van der Waals surface area (Å²) in [6.45, 7) is 8.06. The summed E-state index contributed by atoms with van der Waals surface area (Å²) in [6.07, 6.45) is 0.835. The molecule has 5 nitrogen and oxygen atoms in total. The van der Waals surface area contributed by atoms with Crippen molar-refractivity contribution in [2.75, 3.05) is 17.2 Å². The van der Waals surface area contributed by atoms with Gasteiger partial charge in [0.25, 0.3) is 0 Å². The second-order valence-electron chi connectivity index (χ2n) is 10.1. The highest BCUT2D eigenvalue weighted by molar-refractivity contribution is 7.91. The number of carboxylic acid groups (broad SMARTS) is 1. The zero-order chi connectivity index (χ0) is 27.1. The van der Waals surface area contributed by atoms with E-state index in [0.29, 0.717) is 29.3 Å². The van der Waals surface area contributed by atoms with Gasteiger partial charge in [0.1, 0.15) is 0 Å². The van der Waals surface area contributed by atoms with E-state index in [1.54, 1.807) is 19.9 Å². The van der Waals surface area contributed by atoms with E-state index in [4.69, 9.17) is 0 Å². The maximum atomic E-state index is 14.9. The van der Waals surface area contributed by atoms with Crippen LogP contribution in [0.3, 0.4) is 0 Å². The third-order valence-electron chi connectivity index (χ3n) is 6.88. The molecule has 0 saturated carbocycles. The van der Waals surface area contributed by atoms with E-state index in [9.17, 15) is 27.1 Å². The molecule has 0 bridgehead atoms. The molecule has 3 aromatic carbocycles. The highest BCUT2D eigenvalue weighted by Gasteiger charge is 2.34. The summed E-state index contributed by atoms with van der Waals surface area (Å²) in [5, 5.41) is 9.46. The summed E-state index contributed by atoms with van der Waals surface area (Å²) in [5.41, 5.74) is 1.79. The Morgan fingerprint density at radius 1 is 1.08 bits per heavy atom. The van der Waals surface area contributed by atoms with Crippen molar-refractivity contribution in [1.82, 2.24) is 0 Å². The molecule has 0 spiro atoms. The number of para-hydroxylation sites is 1. The molecule has 0 amide bonds. The summed E-state index contributed by atoms with van der Waals surface area (Å²) in [7, 11) is -3.75. The van der Waals surface area contributed by atoms with Crippen LogP contribution in [0.2, 0.25) is 0 Å². The molecule has 1 atom stereocenters. The molecular formula is C29H31F2NO4S. The molecule has 1 aliphatic heterocycles. The van der Waals surface area contributed by atoms with E-state index in [1.165, 1.54) is 6.07 Å². The van der Waals surface area contributed by atoms with Crippen LogP contribution < -0.4 is 4.90 Å². The van der Waals surface area contributed by atoms with Gasteiger partial charge in [-0.15, -0.1) is 0 Å². The molecule has 196 valence electrons. The quantitative estimate of drug-likeness (QED) is 0.382. The van der Waals surface area contributed by atoms with E-state index in [1.807, 2.05) is 35.2 Å². The van der Waals surface area contributed by atoms with E-state index < -0.39 is 33.0 Å². The number of benzene rings is 3. The molecule has 37 heavy (non-hydrogen) atoms. The molecule has 8 heteroatoms. The van der Waals surface area contributed by atoms with Crippen molar-refractivity contribution in [2.45, 2.75) is 45.4 Å². The first-order chi connectivity index (χ1) is 17.4. The van der Waals surface area contributed by atoms with Crippen molar-refractivity contribution in [3.63, 3.8) is 0 Å². The van der Waals surface area contributed by atoms with Gasteiger partial charge in [0, 0.05) is 12.2 Å². The first-order valence-electron chi connectivity index (χ1n) is 12.4. The van der Waals surface area contributed by atoms with Crippen molar-refractivity contribution < 1.29 is 27.1 Å². The summed E-state index contributed by atoms with van der Waals surface area (Å²) >= 11 is 0. The number of nitrogens with zero attached hydrogens (tertiary/aromatic N) is 1. The fourth-order valence-corrected chi connectivity index (χ4v) is 7.13. The Morgan fingerprint density at radius 3 is 2.35 bits per heavy atom. The number of halogens is 2. The average molecular weight is 528 g/mol. The number of rotatable bonds is 6. The third-order valence-corrected chi connectivity index (χ3v) is 8.79. The molecule has 0 fully saturated rings. The fourth-order valence-electron chi connectivity index (χ4n) is 5.30. The summed E-state index contributed by atoms with van der Waals surface area (Å²) in [5.74, 6) is -4.08. The number of fused-ring (bicyclic) bond motifs is 1. The molecule has 4 rings (SSSR count). The Kier molecular flexibility index (Phi) is 7.42. The van der Waals surface area contributed by atoms with Crippen molar-refractivity contribution in [2.24, 2.45) is 11.8 Å². The van der Waals surface area contributed by atoms with Crippen LogP contribution in [0.15, 0.2) is 53.4 Å². The highest BCUT2D eigenvalue weighted by Crippen LogP contribution is 2.42. The van der Waals surface area contributed by atoms with Crippen LogP contribution in [-0.2, 0) is 16.3 Å². The summed E-state index contributed by atoms with van der Waals surface area (Å²) in [6, 6.07) is 13.9. The molecule has 1 N–H and O–H groups in total. The number of carbonyl (C=O) groups is 1. The molecule has 0 unspecified atom stereocenters. The Balaban J connectivity index is 2.00. The number of anilines is 2. The average Bonchev–Trinajstić information content (AvgIpc) is 2.93. The molecule has 0 aliphatic carbocycles. The standard InChI is InChI=1S/C29H31F2NO4S/c1-5-21-23(13-24(29(33)34)28(31)27(21)30)22-14-26-25(12-18(22)4)32(20-9-7-6-8-10-20)15-19(11-17(2)3)16-37(26,35)36/h6-10,12-14,17,19H,5,11,15-16H2,1-4H3,(H,33,34)/t19-/m1/s1. The second kappa shape index (κ2) is 10.2. The predicted molar refractivity (Wildman–Crippen MR) is 141 cm³/mol. The lowest BCUT2D eigenvalue weighted by Gasteiger charge is -2.28. The zero-order valence-corrected chi connectivity index (χ0v) is 22.2. The van der Waals surface area contributed by atoms with E-state index in [0.717, 1.165) is 18.2 Å². The maximum absolute atomic E-state index is 14.9. The van der Waals surface area contributed by atoms with E-state index in [-0.39, 0.29) is 34.1 Å². The third kappa shape index (κ3) is 5.12. The molecular weight excluding hydrogens is 496 g/mol. The first-order valence-corrected chi connectivity index (χ1v) is 14.0. The topological polar surface area (TPSA) is 74.7 Å². The number of hydrogen-bond acceptors (Lipinski definition) is 4. The lowest BCUT2D eigenvalue weighted by Crippen LogP contribution is -2.27. The molecule has 3 aromatic rings. The minimum atomic E-state index is -3.75. The number of hydrogen-bond donors (Lipinski definition) is 1. The van der Waals surface area contributed by atoms with Crippen LogP contribution in [0.4, 0.5) is 20.2 Å². The van der Waals surface area contributed by atoms with Gasteiger partial charge in [0.2, 0.25) is 0 Å². The minimum absolute atomic E-state index is 0.00849. The Bertz CT molecular complexity index is 1450. The van der Waals surface area contributed by atoms with Gasteiger partial charge in [-0.25, -0.2) is 22.0 Å². The second-order valence-corrected chi connectivity index (χ2v) is 12.1. The highest BCUT2D eigenvalue weighted by atomic mass is 32.2. The lowest BCUT2D eigenvalue weighted by molar-refractivity contribution is 0.0690. The van der Waals surface area contributed by atoms with Crippen LogP contribution in [-0.4, -0.2) is 31.8 Å².